The fourth-order valence-corrected chi connectivity index (χ4v) is 3.06. The van der Waals surface area contributed by atoms with Crippen molar-refractivity contribution in [3.8, 4) is 5.75 Å². The normalized spacial score (nSPS) is 13.7. The van der Waals surface area contributed by atoms with Gasteiger partial charge in [-0.15, -0.1) is 0 Å². The SMILES string of the molecule is COCc1ccccc1CNC(=O)COc1ccc(N2CCCC2=O)cc1. The first-order valence-electron chi connectivity index (χ1n) is 9.03. The van der Waals surface area contributed by atoms with Crippen molar-refractivity contribution in [1.82, 2.24) is 5.32 Å². The molecular weight excluding hydrogens is 344 g/mol. The predicted octanol–water partition coefficient (Wildman–Crippen LogP) is 2.66. The Hall–Kier alpha value is -2.86. The lowest BCUT2D eigenvalue weighted by atomic mass is 10.1. The summed E-state index contributed by atoms with van der Waals surface area (Å²) in [5.74, 6) is 0.554. The van der Waals surface area contributed by atoms with Crippen molar-refractivity contribution < 1.29 is 19.1 Å². The Morgan fingerprint density at radius 2 is 1.85 bits per heavy atom. The smallest absolute Gasteiger partial charge is 0.258 e. The van der Waals surface area contributed by atoms with Gasteiger partial charge in [0.2, 0.25) is 5.91 Å². The van der Waals surface area contributed by atoms with Gasteiger partial charge in [0.1, 0.15) is 5.75 Å². The van der Waals surface area contributed by atoms with E-state index in [1.54, 1.807) is 24.1 Å². The van der Waals surface area contributed by atoms with Gasteiger partial charge in [-0.1, -0.05) is 24.3 Å². The summed E-state index contributed by atoms with van der Waals surface area (Å²) in [6.45, 7) is 1.63. The highest BCUT2D eigenvalue weighted by molar-refractivity contribution is 5.95. The number of ether oxygens (including phenoxy) is 2. The third kappa shape index (κ3) is 5.08. The van der Waals surface area contributed by atoms with Crippen LogP contribution in [0.2, 0.25) is 0 Å². The molecule has 1 N–H and O–H groups in total. The molecule has 27 heavy (non-hydrogen) atoms. The van der Waals surface area contributed by atoms with Crippen LogP contribution < -0.4 is 15.0 Å². The number of hydrogen-bond acceptors (Lipinski definition) is 4. The number of carbonyl (C=O) groups is 2. The van der Waals surface area contributed by atoms with Crippen molar-refractivity contribution in [2.45, 2.75) is 26.0 Å². The van der Waals surface area contributed by atoms with E-state index in [2.05, 4.69) is 5.32 Å². The Labute approximate surface area is 159 Å². The molecule has 0 aromatic heterocycles. The molecule has 1 aliphatic rings. The molecule has 6 nitrogen and oxygen atoms in total. The van der Waals surface area contributed by atoms with Crippen LogP contribution in [0.3, 0.4) is 0 Å². The quantitative estimate of drug-likeness (QED) is 0.778. The summed E-state index contributed by atoms with van der Waals surface area (Å²) in [7, 11) is 1.65. The van der Waals surface area contributed by atoms with Gasteiger partial charge in [-0.05, 0) is 41.8 Å². The van der Waals surface area contributed by atoms with Crippen LogP contribution in [0.5, 0.6) is 5.75 Å². The van der Waals surface area contributed by atoms with Crippen LogP contribution in [0, 0.1) is 0 Å². The van der Waals surface area contributed by atoms with Gasteiger partial charge in [-0.3, -0.25) is 9.59 Å². The Morgan fingerprint density at radius 3 is 2.52 bits per heavy atom. The van der Waals surface area contributed by atoms with E-state index >= 15 is 0 Å². The summed E-state index contributed by atoms with van der Waals surface area (Å²) >= 11 is 0. The molecule has 1 saturated heterocycles. The first-order chi connectivity index (χ1) is 13.2. The van der Waals surface area contributed by atoms with Gasteiger partial charge < -0.3 is 19.7 Å². The molecule has 1 aliphatic heterocycles. The van der Waals surface area contributed by atoms with E-state index in [0.717, 1.165) is 29.8 Å². The van der Waals surface area contributed by atoms with Gasteiger partial charge in [0.15, 0.2) is 6.61 Å². The van der Waals surface area contributed by atoms with E-state index in [4.69, 9.17) is 9.47 Å². The van der Waals surface area contributed by atoms with Crippen molar-refractivity contribution in [1.29, 1.82) is 0 Å². The molecule has 0 saturated carbocycles. The summed E-state index contributed by atoms with van der Waals surface area (Å²) in [5, 5.41) is 2.86. The predicted molar refractivity (Wildman–Crippen MR) is 103 cm³/mol. The standard InChI is InChI=1S/C21H24N2O4/c1-26-14-17-6-3-2-5-16(17)13-22-20(24)15-27-19-10-8-18(9-11-19)23-12-4-7-21(23)25/h2-3,5-6,8-11H,4,7,12-15H2,1H3,(H,22,24). The van der Waals surface area contributed by atoms with Crippen molar-refractivity contribution in [3.63, 3.8) is 0 Å². The molecule has 142 valence electrons. The van der Waals surface area contributed by atoms with Crippen LogP contribution in [0.1, 0.15) is 24.0 Å². The molecule has 2 aromatic carbocycles. The molecule has 3 rings (SSSR count). The molecule has 0 unspecified atom stereocenters. The largest absolute Gasteiger partial charge is 0.484 e. The maximum atomic E-state index is 12.1. The average molecular weight is 368 g/mol. The number of carbonyl (C=O) groups excluding carboxylic acids is 2. The van der Waals surface area contributed by atoms with Gasteiger partial charge in [0, 0.05) is 32.3 Å². The number of anilines is 1. The van der Waals surface area contributed by atoms with Crippen molar-refractivity contribution in [3.05, 3.63) is 59.7 Å². The molecular formula is C21H24N2O4. The molecule has 0 spiro atoms. The minimum atomic E-state index is -0.194. The molecule has 0 atom stereocenters. The van der Waals surface area contributed by atoms with Crippen LogP contribution in [0.4, 0.5) is 5.69 Å². The lowest BCUT2D eigenvalue weighted by Crippen LogP contribution is -2.28. The average Bonchev–Trinajstić information content (AvgIpc) is 3.12. The van der Waals surface area contributed by atoms with Crippen LogP contribution in [-0.2, 0) is 27.5 Å². The van der Waals surface area contributed by atoms with Gasteiger partial charge in [0.25, 0.3) is 5.91 Å². The summed E-state index contributed by atoms with van der Waals surface area (Å²) in [6.07, 6.45) is 1.50. The summed E-state index contributed by atoms with van der Waals surface area (Å²) < 4.78 is 10.7. The van der Waals surface area contributed by atoms with E-state index in [-0.39, 0.29) is 18.4 Å². The summed E-state index contributed by atoms with van der Waals surface area (Å²) in [6, 6.07) is 15.1. The second kappa shape index (κ2) is 9.19. The maximum absolute atomic E-state index is 12.1. The van der Waals surface area contributed by atoms with Crippen LogP contribution in [-0.4, -0.2) is 32.1 Å². The third-order valence-corrected chi connectivity index (χ3v) is 4.49. The molecule has 0 radical (unpaired) electrons. The Balaban J connectivity index is 1.47. The number of methoxy groups -OCH3 is 1. The zero-order chi connectivity index (χ0) is 19.1. The van der Waals surface area contributed by atoms with E-state index in [1.807, 2.05) is 36.4 Å². The fourth-order valence-electron chi connectivity index (χ4n) is 3.06. The van der Waals surface area contributed by atoms with Crippen molar-refractivity contribution in [2.24, 2.45) is 0 Å². The second-order valence-corrected chi connectivity index (χ2v) is 6.41. The Bertz CT molecular complexity index is 789. The molecule has 2 amide bonds. The highest BCUT2D eigenvalue weighted by Crippen LogP contribution is 2.23. The van der Waals surface area contributed by atoms with Gasteiger partial charge in [-0.25, -0.2) is 0 Å². The van der Waals surface area contributed by atoms with Gasteiger partial charge >= 0.3 is 0 Å². The first-order valence-corrected chi connectivity index (χ1v) is 9.03. The number of rotatable bonds is 8. The molecule has 1 heterocycles. The number of benzene rings is 2. The summed E-state index contributed by atoms with van der Waals surface area (Å²) in [4.78, 5) is 25.6. The van der Waals surface area contributed by atoms with Crippen molar-refractivity contribution >= 4 is 17.5 Å². The van der Waals surface area contributed by atoms with E-state index in [1.165, 1.54) is 0 Å². The van der Waals surface area contributed by atoms with E-state index in [0.29, 0.717) is 25.3 Å². The van der Waals surface area contributed by atoms with Crippen LogP contribution in [0.25, 0.3) is 0 Å². The minimum absolute atomic E-state index is 0.0611. The van der Waals surface area contributed by atoms with E-state index in [9.17, 15) is 9.59 Å². The minimum Gasteiger partial charge on any atom is -0.484 e. The maximum Gasteiger partial charge on any atom is 0.258 e. The number of nitrogens with one attached hydrogen (secondary N) is 1. The van der Waals surface area contributed by atoms with Crippen LogP contribution in [0.15, 0.2) is 48.5 Å². The number of nitrogens with zero attached hydrogens (tertiary/aromatic N) is 1. The Morgan fingerprint density at radius 1 is 1.11 bits per heavy atom. The highest BCUT2D eigenvalue weighted by atomic mass is 16.5. The lowest BCUT2D eigenvalue weighted by molar-refractivity contribution is -0.123. The van der Waals surface area contributed by atoms with Gasteiger partial charge in [-0.2, -0.15) is 0 Å². The molecule has 2 aromatic rings. The number of hydrogen-bond donors (Lipinski definition) is 1. The monoisotopic (exact) mass is 368 g/mol. The topological polar surface area (TPSA) is 67.9 Å². The molecule has 6 heteroatoms. The second-order valence-electron chi connectivity index (χ2n) is 6.41. The van der Waals surface area contributed by atoms with Gasteiger partial charge in [0.05, 0.1) is 6.61 Å². The van der Waals surface area contributed by atoms with Crippen LogP contribution >= 0.6 is 0 Å². The number of amides is 2. The lowest BCUT2D eigenvalue weighted by Gasteiger charge is -2.16. The summed E-state index contributed by atoms with van der Waals surface area (Å²) in [5.41, 5.74) is 2.93. The third-order valence-electron chi connectivity index (χ3n) is 4.49. The Kier molecular flexibility index (Phi) is 6.44. The molecule has 0 aliphatic carbocycles. The fraction of sp³-hybridized carbons (Fsp3) is 0.333. The molecule has 0 bridgehead atoms. The first kappa shape index (κ1) is 18.9. The zero-order valence-electron chi connectivity index (χ0n) is 15.4. The molecule has 1 fully saturated rings. The zero-order valence-corrected chi connectivity index (χ0v) is 15.4. The van der Waals surface area contributed by atoms with E-state index < -0.39 is 0 Å². The van der Waals surface area contributed by atoms with Crippen molar-refractivity contribution in [2.75, 3.05) is 25.2 Å². The highest BCUT2D eigenvalue weighted by Gasteiger charge is 2.21.